The Morgan fingerprint density at radius 1 is 1.19 bits per heavy atom. The van der Waals surface area contributed by atoms with Gasteiger partial charge in [0, 0.05) is 28.4 Å². The van der Waals surface area contributed by atoms with Crippen molar-refractivity contribution in [1.29, 1.82) is 0 Å². The summed E-state index contributed by atoms with van der Waals surface area (Å²) < 4.78 is 7.29. The number of ether oxygens (including phenoxy) is 1. The lowest BCUT2D eigenvalue weighted by Crippen LogP contribution is -2.01. The molecule has 0 fully saturated rings. The van der Waals surface area contributed by atoms with E-state index < -0.39 is 0 Å². The van der Waals surface area contributed by atoms with Gasteiger partial charge in [0.1, 0.15) is 11.5 Å². The molecule has 2 aromatic carbocycles. The second-order valence-electron chi connectivity index (χ2n) is 5.65. The number of carbonyl (C=O) groups excluding carboxylic acids is 1. The maximum absolute atomic E-state index is 11.2. The summed E-state index contributed by atoms with van der Waals surface area (Å²) in [6, 6.07) is 15.2. The normalized spacial score (nSPS) is 10.7. The van der Waals surface area contributed by atoms with Crippen LogP contribution in [0.25, 0.3) is 17.1 Å². The third-order valence-electron chi connectivity index (χ3n) is 3.73. The van der Waals surface area contributed by atoms with E-state index in [4.69, 9.17) is 16.3 Å². The number of carbonyl (C=O) groups is 1. The lowest BCUT2D eigenvalue weighted by molar-refractivity contribution is -0.116. The van der Waals surface area contributed by atoms with Crippen molar-refractivity contribution in [3.05, 3.63) is 53.6 Å². The van der Waals surface area contributed by atoms with Gasteiger partial charge in [-0.05, 0) is 43.3 Å². The summed E-state index contributed by atoms with van der Waals surface area (Å²) in [6.45, 7) is 1.59. The monoisotopic (exact) mass is 387 g/mol. The van der Waals surface area contributed by atoms with Crippen LogP contribution in [0, 0.1) is 0 Å². The smallest absolute Gasteiger partial charge is 0.196 e. The van der Waals surface area contributed by atoms with Gasteiger partial charge in [-0.2, -0.15) is 0 Å². The summed E-state index contributed by atoms with van der Waals surface area (Å²) in [5.41, 5.74) is 1.80. The standard InChI is InChI=1S/C19H18ClN3O2S/c1-13(24)10-11-26-19-22-21-18(14-4-3-5-17(12-14)25-2)23(19)16-8-6-15(20)7-9-16/h3-9,12H,10-11H2,1-2H3. The third kappa shape index (κ3) is 4.26. The maximum atomic E-state index is 11.2. The maximum Gasteiger partial charge on any atom is 0.196 e. The van der Waals surface area contributed by atoms with Gasteiger partial charge < -0.3 is 4.74 Å². The SMILES string of the molecule is COc1cccc(-c2nnc(SCCC(C)=O)n2-c2ccc(Cl)cc2)c1. The minimum absolute atomic E-state index is 0.156. The highest BCUT2D eigenvalue weighted by molar-refractivity contribution is 7.99. The van der Waals surface area contributed by atoms with Crippen molar-refractivity contribution in [2.75, 3.05) is 12.9 Å². The Balaban J connectivity index is 2.04. The van der Waals surface area contributed by atoms with Crippen LogP contribution in [0.15, 0.2) is 53.7 Å². The van der Waals surface area contributed by atoms with Crippen LogP contribution in [0.3, 0.4) is 0 Å². The van der Waals surface area contributed by atoms with E-state index in [0.29, 0.717) is 23.0 Å². The van der Waals surface area contributed by atoms with E-state index in [-0.39, 0.29) is 5.78 Å². The van der Waals surface area contributed by atoms with Gasteiger partial charge in [-0.25, -0.2) is 0 Å². The number of ketones is 1. The molecule has 0 radical (unpaired) electrons. The van der Waals surface area contributed by atoms with E-state index in [1.54, 1.807) is 14.0 Å². The van der Waals surface area contributed by atoms with Crippen LogP contribution in [-0.2, 0) is 4.79 Å². The number of thioether (sulfide) groups is 1. The zero-order chi connectivity index (χ0) is 18.5. The molecule has 26 heavy (non-hydrogen) atoms. The molecular weight excluding hydrogens is 370 g/mol. The molecule has 3 rings (SSSR count). The van der Waals surface area contributed by atoms with E-state index in [1.165, 1.54) is 11.8 Å². The highest BCUT2D eigenvalue weighted by atomic mass is 35.5. The van der Waals surface area contributed by atoms with Crippen molar-refractivity contribution < 1.29 is 9.53 Å². The van der Waals surface area contributed by atoms with Crippen molar-refractivity contribution in [2.45, 2.75) is 18.5 Å². The van der Waals surface area contributed by atoms with E-state index in [1.807, 2.05) is 53.1 Å². The van der Waals surface area contributed by atoms with Gasteiger partial charge in [0.05, 0.1) is 7.11 Å². The van der Waals surface area contributed by atoms with Crippen LogP contribution in [-0.4, -0.2) is 33.4 Å². The number of hydrogen-bond acceptors (Lipinski definition) is 5. The second-order valence-corrected chi connectivity index (χ2v) is 7.15. The Kier molecular flexibility index (Phi) is 5.96. The topological polar surface area (TPSA) is 57.0 Å². The lowest BCUT2D eigenvalue weighted by Gasteiger charge is -2.11. The van der Waals surface area contributed by atoms with Crippen molar-refractivity contribution in [1.82, 2.24) is 14.8 Å². The number of rotatable bonds is 7. The summed E-state index contributed by atoms with van der Waals surface area (Å²) in [5, 5.41) is 10.1. The molecule has 0 aliphatic rings. The Labute approximate surface area is 161 Å². The van der Waals surface area contributed by atoms with Crippen LogP contribution in [0.2, 0.25) is 5.02 Å². The average Bonchev–Trinajstić information content (AvgIpc) is 3.06. The van der Waals surface area contributed by atoms with Crippen molar-refractivity contribution in [3.8, 4) is 22.8 Å². The number of methoxy groups -OCH3 is 1. The first kappa shape index (κ1) is 18.5. The van der Waals surface area contributed by atoms with Crippen LogP contribution in [0.1, 0.15) is 13.3 Å². The first-order valence-corrected chi connectivity index (χ1v) is 9.43. The highest BCUT2D eigenvalue weighted by Crippen LogP contribution is 2.30. The fraction of sp³-hybridized carbons (Fsp3) is 0.211. The van der Waals surface area contributed by atoms with Gasteiger partial charge in [0.15, 0.2) is 11.0 Å². The quantitative estimate of drug-likeness (QED) is 0.551. The largest absolute Gasteiger partial charge is 0.497 e. The van der Waals surface area contributed by atoms with Gasteiger partial charge in [-0.1, -0.05) is 35.5 Å². The fourth-order valence-electron chi connectivity index (χ4n) is 2.42. The minimum Gasteiger partial charge on any atom is -0.497 e. The van der Waals surface area contributed by atoms with Gasteiger partial charge in [-0.15, -0.1) is 10.2 Å². The van der Waals surface area contributed by atoms with E-state index in [9.17, 15) is 4.79 Å². The van der Waals surface area contributed by atoms with Crippen molar-refractivity contribution in [2.24, 2.45) is 0 Å². The van der Waals surface area contributed by atoms with E-state index in [2.05, 4.69) is 10.2 Å². The molecule has 5 nitrogen and oxygen atoms in total. The highest BCUT2D eigenvalue weighted by Gasteiger charge is 2.16. The summed E-state index contributed by atoms with van der Waals surface area (Å²) in [5.74, 6) is 2.26. The Morgan fingerprint density at radius 3 is 2.65 bits per heavy atom. The molecule has 0 atom stereocenters. The minimum atomic E-state index is 0.156. The average molecular weight is 388 g/mol. The molecule has 1 aromatic heterocycles. The molecule has 134 valence electrons. The summed E-state index contributed by atoms with van der Waals surface area (Å²) in [6.07, 6.45) is 0.493. The van der Waals surface area contributed by atoms with Gasteiger partial charge in [0.25, 0.3) is 0 Å². The van der Waals surface area contributed by atoms with Crippen LogP contribution in [0.4, 0.5) is 0 Å². The number of aromatic nitrogens is 3. The lowest BCUT2D eigenvalue weighted by atomic mass is 10.2. The zero-order valence-electron chi connectivity index (χ0n) is 14.5. The van der Waals surface area contributed by atoms with Crippen molar-refractivity contribution >= 4 is 29.1 Å². The van der Waals surface area contributed by atoms with Crippen LogP contribution >= 0.6 is 23.4 Å². The van der Waals surface area contributed by atoms with E-state index >= 15 is 0 Å². The molecule has 0 unspecified atom stereocenters. The molecule has 0 saturated carbocycles. The Bertz CT molecular complexity index is 909. The molecular formula is C19H18ClN3O2S. The van der Waals surface area contributed by atoms with Gasteiger partial charge in [0.2, 0.25) is 0 Å². The Morgan fingerprint density at radius 2 is 1.96 bits per heavy atom. The summed E-state index contributed by atoms with van der Waals surface area (Å²) >= 11 is 7.53. The van der Waals surface area contributed by atoms with Crippen LogP contribution in [0.5, 0.6) is 5.75 Å². The summed E-state index contributed by atoms with van der Waals surface area (Å²) in [7, 11) is 1.63. The van der Waals surface area contributed by atoms with Crippen molar-refractivity contribution in [3.63, 3.8) is 0 Å². The molecule has 0 saturated heterocycles. The number of Topliss-reactive ketones (excluding diaryl/α,β-unsaturated/α-hetero) is 1. The molecule has 0 aliphatic carbocycles. The predicted octanol–water partition coefficient (Wildman–Crippen LogP) is 4.67. The molecule has 0 amide bonds. The van der Waals surface area contributed by atoms with E-state index in [0.717, 1.165) is 22.2 Å². The molecule has 1 heterocycles. The third-order valence-corrected chi connectivity index (χ3v) is 4.91. The second kappa shape index (κ2) is 8.38. The molecule has 0 N–H and O–H groups in total. The molecule has 3 aromatic rings. The number of benzene rings is 2. The Hall–Kier alpha value is -2.31. The first-order chi connectivity index (χ1) is 12.6. The summed E-state index contributed by atoms with van der Waals surface area (Å²) in [4.78, 5) is 11.2. The van der Waals surface area contributed by atoms with Gasteiger partial charge in [-0.3, -0.25) is 9.36 Å². The molecule has 0 aliphatic heterocycles. The van der Waals surface area contributed by atoms with Gasteiger partial charge >= 0.3 is 0 Å². The molecule has 0 bridgehead atoms. The number of halogens is 1. The molecule has 0 spiro atoms. The molecule has 7 heteroatoms. The van der Waals surface area contributed by atoms with Crippen LogP contribution < -0.4 is 4.74 Å². The number of nitrogens with zero attached hydrogens (tertiary/aromatic N) is 3. The number of hydrogen-bond donors (Lipinski definition) is 0. The fourth-order valence-corrected chi connectivity index (χ4v) is 3.54. The predicted molar refractivity (Wildman–Crippen MR) is 104 cm³/mol. The zero-order valence-corrected chi connectivity index (χ0v) is 16.0. The first-order valence-electron chi connectivity index (χ1n) is 8.06.